The van der Waals surface area contributed by atoms with Crippen LogP contribution in [0, 0.1) is 6.92 Å². The van der Waals surface area contributed by atoms with Gasteiger partial charge in [0.15, 0.2) is 0 Å². The summed E-state index contributed by atoms with van der Waals surface area (Å²) in [5.41, 5.74) is 2.03. The number of aromatic nitrogens is 2. The third-order valence-electron chi connectivity index (χ3n) is 4.47. The number of hydrogen-bond acceptors (Lipinski definition) is 4. The number of piperidine rings is 1. The zero-order valence-electron chi connectivity index (χ0n) is 14.1. The summed E-state index contributed by atoms with van der Waals surface area (Å²) in [7, 11) is 0. The van der Waals surface area contributed by atoms with Crippen LogP contribution >= 0.6 is 0 Å². The molecule has 1 saturated heterocycles. The standard InChI is InChI=1S/C18H21N3O4/c1-12-4-5-16(22)14(9-12)18(25)20-7-2-3-13(10-20)15-6-8-21(19-15)11-17(23)24/h4-6,8-9,13,22H,2-3,7,10-11H2,1H3,(H,23,24). The van der Waals surface area contributed by atoms with E-state index < -0.39 is 5.97 Å². The van der Waals surface area contributed by atoms with E-state index >= 15 is 0 Å². The number of phenolic OH excluding ortho intramolecular Hbond substituents is 1. The number of aliphatic carboxylic acids is 1. The Morgan fingerprint density at radius 3 is 2.88 bits per heavy atom. The summed E-state index contributed by atoms with van der Waals surface area (Å²) >= 11 is 0. The van der Waals surface area contributed by atoms with Crippen LogP contribution < -0.4 is 0 Å². The van der Waals surface area contributed by atoms with Gasteiger partial charge < -0.3 is 15.1 Å². The number of carbonyl (C=O) groups excluding carboxylic acids is 1. The van der Waals surface area contributed by atoms with Crippen molar-refractivity contribution in [2.24, 2.45) is 0 Å². The van der Waals surface area contributed by atoms with Gasteiger partial charge in [-0.05, 0) is 38.0 Å². The largest absolute Gasteiger partial charge is 0.507 e. The molecule has 1 aromatic heterocycles. The van der Waals surface area contributed by atoms with Crippen molar-refractivity contribution >= 4 is 11.9 Å². The number of nitrogens with zero attached hydrogens (tertiary/aromatic N) is 3. The Bertz CT molecular complexity index is 799. The molecule has 2 N–H and O–H groups in total. The van der Waals surface area contributed by atoms with Crippen molar-refractivity contribution in [3.63, 3.8) is 0 Å². The Balaban J connectivity index is 1.74. The Morgan fingerprint density at radius 1 is 1.32 bits per heavy atom. The molecule has 7 heteroatoms. The van der Waals surface area contributed by atoms with Gasteiger partial charge in [-0.2, -0.15) is 5.10 Å². The molecular weight excluding hydrogens is 322 g/mol. The number of carbonyl (C=O) groups is 2. The lowest BCUT2D eigenvalue weighted by Crippen LogP contribution is -2.39. The first-order valence-electron chi connectivity index (χ1n) is 8.28. The van der Waals surface area contributed by atoms with E-state index in [2.05, 4.69) is 5.10 Å². The monoisotopic (exact) mass is 343 g/mol. The number of carboxylic acids is 1. The maximum atomic E-state index is 12.8. The number of hydrogen-bond donors (Lipinski definition) is 2. The van der Waals surface area contributed by atoms with Gasteiger partial charge in [0.25, 0.3) is 5.91 Å². The highest BCUT2D eigenvalue weighted by atomic mass is 16.4. The Labute approximate surface area is 145 Å². The van der Waals surface area contributed by atoms with E-state index in [1.54, 1.807) is 23.2 Å². The van der Waals surface area contributed by atoms with Crippen LogP contribution in [0.2, 0.25) is 0 Å². The first-order valence-corrected chi connectivity index (χ1v) is 8.28. The second kappa shape index (κ2) is 6.96. The highest BCUT2D eigenvalue weighted by Gasteiger charge is 2.28. The molecule has 0 spiro atoms. The van der Waals surface area contributed by atoms with Crippen molar-refractivity contribution < 1.29 is 19.8 Å². The number of phenols is 1. The van der Waals surface area contributed by atoms with Gasteiger partial charge in [-0.25, -0.2) is 0 Å². The van der Waals surface area contributed by atoms with Gasteiger partial charge in [-0.1, -0.05) is 11.6 Å². The normalized spacial score (nSPS) is 17.5. The molecule has 1 amide bonds. The zero-order chi connectivity index (χ0) is 18.0. The fourth-order valence-electron chi connectivity index (χ4n) is 3.22. The Kier molecular flexibility index (Phi) is 4.74. The highest BCUT2D eigenvalue weighted by molar-refractivity contribution is 5.97. The van der Waals surface area contributed by atoms with Gasteiger partial charge in [-0.3, -0.25) is 14.3 Å². The summed E-state index contributed by atoms with van der Waals surface area (Å²) in [6.45, 7) is 2.85. The number of likely N-dealkylation sites (tertiary alicyclic amines) is 1. The molecule has 25 heavy (non-hydrogen) atoms. The fraction of sp³-hybridized carbons (Fsp3) is 0.389. The molecule has 2 aromatic rings. The number of amides is 1. The fourth-order valence-corrected chi connectivity index (χ4v) is 3.22. The van der Waals surface area contributed by atoms with Gasteiger partial charge in [0.2, 0.25) is 0 Å². The van der Waals surface area contributed by atoms with Crippen LogP contribution in [0.15, 0.2) is 30.5 Å². The number of aromatic hydroxyl groups is 1. The molecule has 0 bridgehead atoms. The first kappa shape index (κ1) is 17.0. The van der Waals surface area contributed by atoms with Crippen LogP contribution in [0.25, 0.3) is 0 Å². The van der Waals surface area contributed by atoms with E-state index in [-0.39, 0.29) is 24.1 Å². The maximum Gasteiger partial charge on any atom is 0.325 e. The molecular formula is C18H21N3O4. The molecule has 1 aliphatic heterocycles. The number of rotatable bonds is 4. The summed E-state index contributed by atoms with van der Waals surface area (Å²) in [5.74, 6) is -1.07. The van der Waals surface area contributed by atoms with E-state index in [9.17, 15) is 14.7 Å². The Hall–Kier alpha value is -2.83. The van der Waals surface area contributed by atoms with E-state index in [0.29, 0.717) is 18.7 Å². The number of carboxylic acid groups (broad SMARTS) is 1. The topological polar surface area (TPSA) is 95.7 Å². The van der Waals surface area contributed by atoms with Crippen LogP contribution in [0.1, 0.15) is 40.4 Å². The van der Waals surface area contributed by atoms with Crippen molar-refractivity contribution in [2.75, 3.05) is 13.1 Å². The molecule has 0 radical (unpaired) electrons. The number of aryl methyl sites for hydroxylation is 1. The summed E-state index contributed by atoms with van der Waals surface area (Å²) in [6.07, 6.45) is 3.39. The summed E-state index contributed by atoms with van der Waals surface area (Å²) < 4.78 is 1.39. The molecule has 7 nitrogen and oxygen atoms in total. The van der Waals surface area contributed by atoms with Crippen LogP contribution in [0.4, 0.5) is 0 Å². The van der Waals surface area contributed by atoms with Crippen LogP contribution in [-0.2, 0) is 11.3 Å². The molecule has 3 rings (SSSR count). The maximum absolute atomic E-state index is 12.8. The first-order chi connectivity index (χ1) is 11.9. The van der Waals surface area contributed by atoms with Crippen molar-refractivity contribution in [3.05, 3.63) is 47.3 Å². The lowest BCUT2D eigenvalue weighted by atomic mass is 9.94. The molecule has 1 unspecified atom stereocenters. The van der Waals surface area contributed by atoms with Crippen molar-refractivity contribution in [1.82, 2.24) is 14.7 Å². The van der Waals surface area contributed by atoms with Crippen molar-refractivity contribution in [2.45, 2.75) is 32.2 Å². The van der Waals surface area contributed by atoms with Crippen molar-refractivity contribution in [1.29, 1.82) is 0 Å². The molecule has 2 heterocycles. The van der Waals surface area contributed by atoms with Gasteiger partial charge in [-0.15, -0.1) is 0 Å². The quantitative estimate of drug-likeness (QED) is 0.885. The van der Waals surface area contributed by atoms with Gasteiger partial charge in [0.05, 0.1) is 11.3 Å². The summed E-state index contributed by atoms with van der Waals surface area (Å²) in [4.78, 5) is 25.3. The van der Waals surface area contributed by atoms with Crippen LogP contribution in [0.3, 0.4) is 0 Å². The van der Waals surface area contributed by atoms with Gasteiger partial charge in [0.1, 0.15) is 12.3 Å². The third kappa shape index (κ3) is 3.81. The molecule has 0 aliphatic carbocycles. The smallest absolute Gasteiger partial charge is 0.325 e. The SMILES string of the molecule is Cc1ccc(O)c(C(=O)N2CCCC(c3ccn(CC(=O)O)n3)C2)c1. The summed E-state index contributed by atoms with van der Waals surface area (Å²) in [6, 6.07) is 6.81. The summed E-state index contributed by atoms with van der Waals surface area (Å²) in [5, 5.41) is 23.1. The van der Waals surface area contributed by atoms with E-state index in [4.69, 9.17) is 5.11 Å². The molecule has 0 saturated carbocycles. The van der Waals surface area contributed by atoms with Crippen LogP contribution in [0.5, 0.6) is 5.75 Å². The van der Waals surface area contributed by atoms with Gasteiger partial charge >= 0.3 is 5.97 Å². The minimum Gasteiger partial charge on any atom is -0.507 e. The zero-order valence-corrected chi connectivity index (χ0v) is 14.1. The predicted octanol–water partition coefficient (Wildman–Crippen LogP) is 2.00. The lowest BCUT2D eigenvalue weighted by Gasteiger charge is -2.32. The molecule has 1 fully saturated rings. The molecule has 132 valence electrons. The predicted molar refractivity (Wildman–Crippen MR) is 90.6 cm³/mol. The van der Waals surface area contributed by atoms with E-state index in [0.717, 1.165) is 24.1 Å². The average molecular weight is 343 g/mol. The number of benzene rings is 1. The minimum absolute atomic E-state index is 0.0107. The minimum atomic E-state index is -0.940. The third-order valence-corrected chi connectivity index (χ3v) is 4.47. The second-order valence-corrected chi connectivity index (χ2v) is 6.44. The van der Waals surface area contributed by atoms with Gasteiger partial charge in [0, 0.05) is 25.2 Å². The highest BCUT2D eigenvalue weighted by Crippen LogP contribution is 2.28. The molecule has 1 atom stereocenters. The lowest BCUT2D eigenvalue weighted by molar-refractivity contribution is -0.137. The second-order valence-electron chi connectivity index (χ2n) is 6.44. The molecule has 1 aliphatic rings. The molecule has 1 aromatic carbocycles. The van der Waals surface area contributed by atoms with Crippen molar-refractivity contribution in [3.8, 4) is 5.75 Å². The van der Waals surface area contributed by atoms with E-state index in [1.807, 2.05) is 13.0 Å². The van der Waals surface area contributed by atoms with E-state index in [1.165, 1.54) is 10.7 Å². The Morgan fingerprint density at radius 2 is 2.12 bits per heavy atom. The van der Waals surface area contributed by atoms with Crippen LogP contribution in [-0.4, -0.2) is 49.9 Å². The average Bonchev–Trinajstić information content (AvgIpc) is 3.04.